The third kappa shape index (κ3) is 5.85. The van der Waals surface area contributed by atoms with Gasteiger partial charge in [-0.05, 0) is 17.7 Å². The van der Waals surface area contributed by atoms with E-state index in [1.165, 1.54) is 0 Å². The Morgan fingerprint density at radius 1 is 0.576 bits per heavy atom. The van der Waals surface area contributed by atoms with Crippen LogP contribution in [0.25, 0.3) is 44.2 Å². The smallest absolute Gasteiger partial charge is 0.0875 e. The molecule has 0 spiro atoms. The van der Waals surface area contributed by atoms with Gasteiger partial charge in [0.2, 0.25) is 0 Å². The van der Waals surface area contributed by atoms with Crippen molar-refractivity contribution in [1.29, 1.82) is 0 Å². The summed E-state index contributed by atoms with van der Waals surface area (Å²) in [5.74, 6) is 0. The van der Waals surface area contributed by atoms with Crippen LogP contribution >= 0.6 is 0 Å². The van der Waals surface area contributed by atoms with Crippen molar-refractivity contribution in [2.75, 3.05) is 14.1 Å². The second kappa shape index (κ2) is 11.9. The fraction of sp³-hybridized carbons (Fsp3) is 0.0714. The zero-order valence-electron chi connectivity index (χ0n) is 18.4. The van der Waals surface area contributed by atoms with Gasteiger partial charge in [-0.15, -0.1) is 50.0 Å². The normalized spacial score (nSPS) is 9.88. The Bertz CT molecular complexity index is 1190. The van der Waals surface area contributed by atoms with Crippen LogP contribution < -0.4 is 0 Å². The first-order valence-corrected chi connectivity index (χ1v) is 10.4. The summed E-state index contributed by atoms with van der Waals surface area (Å²) in [6.07, 6.45) is 0. The van der Waals surface area contributed by atoms with Crippen molar-refractivity contribution in [2.45, 2.75) is 0 Å². The SMILES string of the molecule is C[N-]c1ccccc1[N-]C.[Pt].[c-]1ccccc1-c1nc2ccccc2nc1-c1ccccc1. The number of para-hydroxylation sites is 4. The maximum atomic E-state index is 4.84. The van der Waals surface area contributed by atoms with E-state index in [2.05, 4.69) is 28.8 Å². The van der Waals surface area contributed by atoms with Gasteiger partial charge in [-0.1, -0.05) is 66.7 Å². The largest absolute Gasteiger partial charge is 0.688 e. The number of fused-ring (bicyclic) bond motifs is 1. The Morgan fingerprint density at radius 2 is 1.09 bits per heavy atom. The first-order valence-electron chi connectivity index (χ1n) is 10.4. The minimum atomic E-state index is 0. The van der Waals surface area contributed by atoms with Gasteiger partial charge in [0.25, 0.3) is 0 Å². The summed E-state index contributed by atoms with van der Waals surface area (Å²) in [5, 5.41) is 8.10. The van der Waals surface area contributed by atoms with Crippen LogP contribution in [0.5, 0.6) is 0 Å². The van der Waals surface area contributed by atoms with Crippen LogP contribution in [-0.2, 0) is 21.1 Å². The molecule has 5 aromatic rings. The molecule has 0 saturated carbocycles. The van der Waals surface area contributed by atoms with E-state index < -0.39 is 0 Å². The minimum absolute atomic E-state index is 0. The van der Waals surface area contributed by atoms with Gasteiger partial charge in [-0.2, -0.15) is 11.4 Å². The quantitative estimate of drug-likeness (QED) is 0.196. The monoisotopic (exact) mass is 610 g/mol. The first kappa shape index (κ1) is 24.2. The molecule has 0 atom stereocenters. The topological polar surface area (TPSA) is 54.0 Å². The van der Waals surface area contributed by atoms with Crippen LogP contribution in [0, 0.1) is 6.07 Å². The summed E-state index contributed by atoms with van der Waals surface area (Å²) in [7, 11) is 3.54. The molecule has 0 aliphatic carbocycles. The van der Waals surface area contributed by atoms with Gasteiger partial charge in [-0.25, -0.2) is 0 Å². The Balaban J connectivity index is 0.000000237. The molecule has 33 heavy (non-hydrogen) atoms. The summed E-state index contributed by atoms with van der Waals surface area (Å²) in [6.45, 7) is 0. The molecule has 0 N–H and O–H groups in total. The van der Waals surface area contributed by atoms with Gasteiger partial charge in [0.15, 0.2) is 0 Å². The summed E-state index contributed by atoms with van der Waals surface area (Å²) in [6, 6.07) is 37.1. The van der Waals surface area contributed by atoms with E-state index in [4.69, 9.17) is 9.97 Å². The Kier molecular flexibility index (Phi) is 8.74. The van der Waals surface area contributed by atoms with Crippen LogP contribution in [0.3, 0.4) is 0 Å². The summed E-state index contributed by atoms with van der Waals surface area (Å²) in [4.78, 5) is 9.67. The molecule has 0 unspecified atom stereocenters. The van der Waals surface area contributed by atoms with E-state index >= 15 is 0 Å². The molecule has 0 bridgehead atoms. The summed E-state index contributed by atoms with van der Waals surface area (Å²) < 4.78 is 0. The molecule has 1 heterocycles. The average Bonchev–Trinajstić information content (AvgIpc) is 2.89. The molecule has 0 amide bonds. The van der Waals surface area contributed by atoms with E-state index in [1.807, 2.05) is 91.0 Å². The fourth-order valence-corrected chi connectivity index (χ4v) is 3.37. The average molecular weight is 611 g/mol. The van der Waals surface area contributed by atoms with Crippen LogP contribution in [0.4, 0.5) is 11.4 Å². The third-order valence-corrected chi connectivity index (χ3v) is 4.95. The Labute approximate surface area is 209 Å². The molecule has 168 valence electrons. The molecule has 0 aliphatic heterocycles. The number of nitrogens with zero attached hydrogens (tertiary/aromatic N) is 4. The van der Waals surface area contributed by atoms with E-state index in [-0.39, 0.29) is 21.1 Å². The van der Waals surface area contributed by atoms with Gasteiger partial charge in [0.1, 0.15) is 0 Å². The minimum Gasteiger partial charge on any atom is -0.688 e. The predicted octanol–water partition coefficient (Wildman–Crippen LogP) is 7.72. The molecule has 0 aliphatic rings. The van der Waals surface area contributed by atoms with Crippen LogP contribution in [0.15, 0.2) is 103 Å². The van der Waals surface area contributed by atoms with Crippen molar-refractivity contribution in [2.24, 2.45) is 0 Å². The maximum absolute atomic E-state index is 4.84. The molecule has 5 rings (SSSR count). The van der Waals surface area contributed by atoms with E-state index in [1.54, 1.807) is 14.1 Å². The number of hydrogen-bond acceptors (Lipinski definition) is 2. The van der Waals surface area contributed by atoms with Gasteiger partial charge in [-0.3, -0.25) is 9.97 Å². The molecule has 0 saturated heterocycles. The predicted molar refractivity (Wildman–Crippen MR) is 134 cm³/mol. The van der Waals surface area contributed by atoms with Crippen LogP contribution in [-0.4, -0.2) is 24.1 Å². The van der Waals surface area contributed by atoms with Crippen molar-refractivity contribution in [3.8, 4) is 22.5 Å². The second-order valence-corrected chi connectivity index (χ2v) is 6.99. The van der Waals surface area contributed by atoms with Crippen molar-refractivity contribution in [1.82, 2.24) is 9.97 Å². The third-order valence-electron chi connectivity index (χ3n) is 4.95. The number of hydrogen-bond donors (Lipinski definition) is 0. The number of aromatic nitrogens is 2. The molecule has 4 nitrogen and oxygen atoms in total. The van der Waals surface area contributed by atoms with Gasteiger partial charge in [0, 0.05) is 26.8 Å². The van der Waals surface area contributed by atoms with Crippen molar-refractivity contribution in [3.05, 3.63) is 120 Å². The van der Waals surface area contributed by atoms with Gasteiger partial charge < -0.3 is 10.6 Å². The van der Waals surface area contributed by atoms with Crippen molar-refractivity contribution >= 4 is 22.4 Å². The van der Waals surface area contributed by atoms with Crippen LogP contribution in [0.2, 0.25) is 0 Å². The Morgan fingerprint density at radius 3 is 1.64 bits per heavy atom. The van der Waals surface area contributed by atoms with E-state index in [9.17, 15) is 0 Å². The molecule has 4 aromatic carbocycles. The second-order valence-electron chi connectivity index (χ2n) is 6.99. The van der Waals surface area contributed by atoms with Gasteiger partial charge >= 0.3 is 0 Å². The molecular formula is C28H23N4Pt-3. The molecule has 5 heteroatoms. The van der Waals surface area contributed by atoms with E-state index in [0.717, 1.165) is 44.9 Å². The first-order chi connectivity index (χ1) is 15.8. The fourth-order valence-electron chi connectivity index (χ4n) is 3.37. The van der Waals surface area contributed by atoms with Crippen molar-refractivity contribution in [3.63, 3.8) is 0 Å². The van der Waals surface area contributed by atoms with Crippen molar-refractivity contribution < 1.29 is 21.1 Å². The maximum Gasteiger partial charge on any atom is 0.0875 e. The molecule has 1 aromatic heterocycles. The van der Waals surface area contributed by atoms with Crippen LogP contribution in [0.1, 0.15) is 0 Å². The summed E-state index contributed by atoms with van der Waals surface area (Å²) in [5.41, 5.74) is 7.48. The summed E-state index contributed by atoms with van der Waals surface area (Å²) >= 11 is 0. The molecule has 0 fully saturated rings. The molecule has 0 radical (unpaired) electrons. The Hall–Kier alpha value is -3.49. The molecular weight excluding hydrogens is 587 g/mol. The van der Waals surface area contributed by atoms with Gasteiger partial charge in [0.05, 0.1) is 16.7 Å². The van der Waals surface area contributed by atoms with E-state index in [0.29, 0.717) is 0 Å². The number of rotatable bonds is 4. The standard InChI is InChI=1S/C20H13N2.C8H10N2.Pt/c1-3-9-15(10-4-1)19-20(16-11-5-2-6-12-16)22-18-14-8-7-13-17(18)21-19;1-9-7-5-3-4-6-8(7)10-2;/h1-11,13-14H;3-6H,1-2H3;/q-1;-2;. The zero-order chi connectivity index (χ0) is 22.2. The number of benzene rings is 4. The zero-order valence-corrected chi connectivity index (χ0v) is 20.7.